The maximum absolute atomic E-state index is 3.48. The third kappa shape index (κ3) is 4.82. The average Bonchev–Trinajstić information content (AvgIpc) is 2.46. The summed E-state index contributed by atoms with van der Waals surface area (Å²) in [4.78, 5) is 4.72. The Hall–Kier alpha value is -1.03. The van der Waals surface area contributed by atoms with Crippen LogP contribution in [-0.2, 0) is 0 Å². The molecular formula is C17H18BrNS. The van der Waals surface area contributed by atoms with Crippen molar-refractivity contribution >= 4 is 32.6 Å². The number of likely N-dealkylation sites (N-methyl/N-ethyl adjacent to an activating group) is 1. The van der Waals surface area contributed by atoms with Crippen LogP contribution >= 0.6 is 27.7 Å². The molecule has 0 aliphatic heterocycles. The van der Waals surface area contributed by atoms with Crippen molar-refractivity contribution in [1.29, 1.82) is 0 Å². The van der Waals surface area contributed by atoms with E-state index in [9.17, 15) is 0 Å². The van der Waals surface area contributed by atoms with Crippen molar-refractivity contribution in [1.82, 2.24) is 4.90 Å². The van der Waals surface area contributed by atoms with Gasteiger partial charge in [-0.1, -0.05) is 64.1 Å². The summed E-state index contributed by atoms with van der Waals surface area (Å²) in [5, 5.41) is 0. The molecule has 104 valence electrons. The lowest BCUT2D eigenvalue weighted by Gasteiger charge is -2.11. The Kier molecular flexibility index (Phi) is 5.89. The highest BCUT2D eigenvalue weighted by Crippen LogP contribution is 2.34. The molecule has 0 aliphatic rings. The van der Waals surface area contributed by atoms with E-state index in [2.05, 4.69) is 95.6 Å². The lowest BCUT2D eigenvalue weighted by atomic mass is 10.2. The zero-order valence-corrected chi connectivity index (χ0v) is 14.1. The first-order valence-electron chi connectivity index (χ1n) is 6.49. The predicted molar refractivity (Wildman–Crippen MR) is 93.0 cm³/mol. The second-order valence-corrected chi connectivity index (χ2v) is 6.78. The summed E-state index contributed by atoms with van der Waals surface area (Å²) in [6, 6.07) is 19.0. The van der Waals surface area contributed by atoms with Crippen LogP contribution in [0.5, 0.6) is 0 Å². The standard InChI is InChI=1S/C17H18BrNS/c1-19(2)13-12-17(14-6-4-3-5-7-14)20-16-10-8-15(18)9-11-16/h3-12H,13H2,1-2H3/b17-12+. The van der Waals surface area contributed by atoms with Crippen LogP contribution in [0.25, 0.3) is 4.91 Å². The molecular weight excluding hydrogens is 330 g/mol. The molecule has 0 aliphatic carbocycles. The van der Waals surface area contributed by atoms with Crippen molar-refractivity contribution in [2.45, 2.75) is 4.90 Å². The monoisotopic (exact) mass is 347 g/mol. The van der Waals surface area contributed by atoms with Crippen molar-refractivity contribution < 1.29 is 0 Å². The molecule has 0 unspecified atom stereocenters. The van der Waals surface area contributed by atoms with Gasteiger partial charge in [0.15, 0.2) is 0 Å². The normalized spacial score (nSPS) is 11.9. The van der Waals surface area contributed by atoms with Gasteiger partial charge < -0.3 is 4.90 Å². The van der Waals surface area contributed by atoms with Crippen LogP contribution in [0, 0.1) is 0 Å². The summed E-state index contributed by atoms with van der Waals surface area (Å²) in [6.07, 6.45) is 2.28. The summed E-state index contributed by atoms with van der Waals surface area (Å²) >= 11 is 5.28. The first kappa shape index (κ1) is 15.4. The number of benzene rings is 2. The number of halogens is 1. The van der Waals surface area contributed by atoms with Crippen LogP contribution in [0.2, 0.25) is 0 Å². The highest BCUT2D eigenvalue weighted by atomic mass is 79.9. The number of hydrogen-bond donors (Lipinski definition) is 0. The number of thioether (sulfide) groups is 1. The van der Waals surface area contributed by atoms with Crippen LogP contribution in [0.3, 0.4) is 0 Å². The maximum atomic E-state index is 3.48. The lowest BCUT2D eigenvalue weighted by Crippen LogP contribution is -2.10. The maximum Gasteiger partial charge on any atom is 0.0176 e. The number of hydrogen-bond acceptors (Lipinski definition) is 2. The van der Waals surface area contributed by atoms with Crippen LogP contribution < -0.4 is 0 Å². The molecule has 0 N–H and O–H groups in total. The van der Waals surface area contributed by atoms with E-state index < -0.39 is 0 Å². The van der Waals surface area contributed by atoms with E-state index in [1.807, 2.05) is 0 Å². The van der Waals surface area contributed by atoms with Gasteiger partial charge in [-0.2, -0.15) is 0 Å². The Bertz CT molecular complexity index is 561. The highest BCUT2D eigenvalue weighted by Gasteiger charge is 2.04. The van der Waals surface area contributed by atoms with Crippen LogP contribution in [0.1, 0.15) is 5.56 Å². The molecule has 0 heterocycles. The minimum atomic E-state index is 0.938. The Balaban J connectivity index is 2.23. The summed E-state index contributed by atoms with van der Waals surface area (Å²) < 4.78 is 1.11. The first-order valence-corrected chi connectivity index (χ1v) is 8.10. The fourth-order valence-electron chi connectivity index (χ4n) is 1.72. The van der Waals surface area contributed by atoms with Gasteiger partial charge in [0.1, 0.15) is 0 Å². The minimum absolute atomic E-state index is 0.938. The van der Waals surface area contributed by atoms with E-state index in [4.69, 9.17) is 0 Å². The fraction of sp³-hybridized carbons (Fsp3) is 0.176. The zero-order valence-electron chi connectivity index (χ0n) is 11.7. The Morgan fingerprint density at radius 3 is 2.30 bits per heavy atom. The molecule has 0 aromatic heterocycles. The van der Waals surface area contributed by atoms with Gasteiger partial charge in [-0.05, 0) is 43.9 Å². The van der Waals surface area contributed by atoms with Gasteiger partial charge in [-0.25, -0.2) is 0 Å². The molecule has 0 fully saturated rings. The molecule has 0 spiro atoms. The van der Waals surface area contributed by atoms with Crippen molar-refractivity contribution in [2.75, 3.05) is 20.6 Å². The third-order valence-corrected chi connectivity index (χ3v) is 4.40. The largest absolute Gasteiger partial charge is 0.306 e. The van der Waals surface area contributed by atoms with Crippen molar-refractivity contribution in [2.24, 2.45) is 0 Å². The molecule has 2 aromatic rings. The second-order valence-electron chi connectivity index (χ2n) is 4.75. The molecule has 2 aromatic carbocycles. The van der Waals surface area contributed by atoms with Crippen LogP contribution in [0.15, 0.2) is 70.0 Å². The quantitative estimate of drug-likeness (QED) is 0.688. The molecule has 0 saturated heterocycles. The van der Waals surface area contributed by atoms with E-state index in [0.29, 0.717) is 0 Å². The number of nitrogens with zero attached hydrogens (tertiary/aromatic N) is 1. The summed E-state index contributed by atoms with van der Waals surface area (Å²) in [5.74, 6) is 0. The Morgan fingerprint density at radius 2 is 1.70 bits per heavy atom. The van der Waals surface area contributed by atoms with Crippen molar-refractivity contribution in [3.63, 3.8) is 0 Å². The summed E-state index contributed by atoms with van der Waals surface area (Å²) in [6.45, 7) is 0.938. The summed E-state index contributed by atoms with van der Waals surface area (Å²) in [5.41, 5.74) is 1.27. The van der Waals surface area contributed by atoms with Gasteiger partial charge in [0.05, 0.1) is 0 Å². The molecule has 3 heteroatoms. The van der Waals surface area contributed by atoms with Gasteiger partial charge in [0, 0.05) is 20.8 Å². The predicted octanol–water partition coefficient (Wildman–Crippen LogP) is 5.14. The van der Waals surface area contributed by atoms with E-state index in [0.717, 1.165) is 11.0 Å². The minimum Gasteiger partial charge on any atom is -0.306 e. The van der Waals surface area contributed by atoms with Crippen LogP contribution in [0.4, 0.5) is 0 Å². The first-order chi connectivity index (χ1) is 9.65. The van der Waals surface area contributed by atoms with Gasteiger partial charge in [-0.3, -0.25) is 0 Å². The SMILES string of the molecule is CN(C)C/C=C(/Sc1ccc(Br)cc1)c1ccccc1. The van der Waals surface area contributed by atoms with Gasteiger partial charge in [-0.15, -0.1) is 0 Å². The lowest BCUT2D eigenvalue weighted by molar-refractivity contribution is 0.457. The molecule has 0 bridgehead atoms. The van der Waals surface area contributed by atoms with Gasteiger partial charge in [0.25, 0.3) is 0 Å². The molecule has 0 atom stereocenters. The smallest absolute Gasteiger partial charge is 0.0176 e. The van der Waals surface area contributed by atoms with E-state index in [1.54, 1.807) is 11.8 Å². The van der Waals surface area contributed by atoms with Crippen molar-refractivity contribution in [3.8, 4) is 0 Å². The van der Waals surface area contributed by atoms with E-state index in [1.165, 1.54) is 15.4 Å². The van der Waals surface area contributed by atoms with Crippen molar-refractivity contribution in [3.05, 3.63) is 70.7 Å². The molecule has 0 saturated carbocycles. The number of rotatable bonds is 5. The molecule has 2 rings (SSSR count). The van der Waals surface area contributed by atoms with E-state index >= 15 is 0 Å². The second kappa shape index (κ2) is 7.67. The van der Waals surface area contributed by atoms with Gasteiger partial charge in [0.2, 0.25) is 0 Å². The average molecular weight is 348 g/mol. The van der Waals surface area contributed by atoms with Gasteiger partial charge >= 0.3 is 0 Å². The highest BCUT2D eigenvalue weighted by molar-refractivity contribution is 9.10. The third-order valence-electron chi connectivity index (χ3n) is 2.74. The zero-order chi connectivity index (χ0) is 14.4. The Morgan fingerprint density at radius 1 is 1.05 bits per heavy atom. The fourth-order valence-corrected chi connectivity index (χ4v) is 2.92. The molecule has 0 amide bonds. The molecule has 1 nitrogen and oxygen atoms in total. The van der Waals surface area contributed by atoms with E-state index in [-0.39, 0.29) is 0 Å². The van der Waals surface area contributed by atoms with Crippen LogP contribution in [-0.4, -0.2) is 25.5 Å². The Labute approximate surface area is 133 Å². The molecule has 0 radical (unpaired) electrons. The summed E-state index contributed by atoms with van der Waals surface area (Å²) in [7, 11) is 4.17. The topological polar surface area (TPSA) is 3.24 Å². The molecule has 20 heavy (non-hydrogen) atoms.